The maximum Gasteiger partial charge on any atom is 3.00 e. The number of nitrogens with zero attached hydrogens (tertiary/aromatic N) is 3. The molecule has 0 atom stereocenters. The summed E-state index contributed by atoms with van der Waals surface area (Å²) in [6, 6.07) is 16.4. The third-order valence-corrected chi connectivity index (χ3v) is 3.55. The zero-order valence-corrected chi connectivity index (χ0v) is 17.6. The number of aromatic nitrogens is 1. The van der Waals surface area contributed by atoms with Crippen LogP contribution in [0.25, 0.3) is 0 Å². The Morgan fingerprint density at radius 2 is 1.32 bits per heavy atom. The van der Waals surface area contributed by atoms with Gasteiger partial charge in [-0.3, -0.25) is 15.0 Å². The monoisotopic (exact) mass is 462 g/mol. The Hall–Kier alpha value is -3.52. The van der Waals surface area contributed by atoms with E-state index in [9.17, 15) is 20.1 Å². The van der Waals surface area contributed by atoms with Crippen LogP contribution in [0.3, 0.4) is 0 Å². The molecule has 0 bridgehead atoms. The number of carboxylic acids is 1. The van der Waals surface area contributed by atoms with E-state index >= 15 is 0 Å². The summed E-state index contributed by atoms with van der Waals surface area (Å²) in [7, 11) is 0. The first-order valence-electron chi connectivity index (χ1n) is 8.71. The van der Waals surface area contributed by atoms with Crippen LogP contribution < -0.4 is 15.3 Å². The third-order valence-electron chi connectivity index (χ3n) is 3.55. The van der Waals surface area contributed by atoms with E-state index < -0.39 is 5.97 Å². The molecule has 0 aliphatic carbocycles. The summed E-state index contributed by atoms with van der Waals surface area (Å²) in [4.78, 5) is 21.9. The minimum absolute atomic E-state index is 0. The molecule has 0 saturated carbocycles. The first-order chi connectivity index (χ1) is 14.1. The third kappa shape index (κ3) is 10.2. The van der Waals surface area contributed by atoms with Gasteiger partial charge in [-0.25, -0.2) is 0 Å². The number of rotatable bonds is 6. The number of pyridine rings is 1. The Kier molecular flexibility index (Phi) is 13.6. The molecule has 0 aliphatic rings. The van der Waals surface area contributed by atoms with E-state index in [1.807, 2.05) is 0 Å². The SMILES string of the molecule is O=C([O-])c1cccnc1.[Mn+3].[O-]c1ccccc1C=NCCN=Cc1ccccc1[O-].[OH3+]. The summed E-state index contributed by atoms with van der Waals surface area (Å²) in [5.41, 5.74) is 1.25. The summed E-state index contributed by atoms with van der Waals surface area (Å²) in [6.07, 6.45) is 5.86. The van der Waals surface area contributed by atoms with E-state index in [4.69, 9.17) is 0 Å². The maximum atomic E-state index is 11.4. The minimum Gasteiger partial charge on any atom is -0.872 e. The van der Waals surface area contributed by atoms with Gasteiger partial charge in [-0.1, -0.05) is 54.6 Å². The van der Waals surface area contributed by atoms with E-state index in [0.29, 0.717) is 24.2 Å². The topological polar surface area (TPSA) is 157 Å². The number of para-hydroxylation sites is 2. The Morgan fingerprint density at radius 3 is 1.68 bits per heavy atom. The normalized spacial score (nSPS) is 9.94. The smallest absolute Gasteiger partial charge is 0.872 e. The van der Waals surface area contributed by atoms with Gasteiger partial charge in [0.2, 0.25) is 0 Å². The van der Waals surface area contributed by atoms with Crippen molar-refractivity contribution in [2.75, 3.05) is 13.1 Å². The number of carboxylic acid groups (broad SMARTS) is 1. The number of hydrogen-bond donors (Lipinski definition) is 0. The molecule has 3 aromatic rings. The first-order valence-corrected chi connectivity index (χ1v) is 8.71. The molecule has 0 aliphatic heterocycles. The molecular weight excluding hydrogens is 441 g/mol. The van der Waals surface area contributed by atoms with E-state index in [1.165, 1.54) is 30.6 Å². The van der Waals surface area contributed by atoms with E-state index in [1.54, 1.807) is 54.9 Å². The summed E-state index contributed by atoms with van der Waals surface area (Å²) in [6.45, 7) is 0.956. The summed E-state index contributed by atoms with van der Waals surface area (Å²) >= 11 is 0. The van der Waals surface area contributed by atoms with Crippen LogP contribution in [0.2, 0.25) is 0 Å². The van der Waals surface area contributed by atoms with Crippen LogP contribution in [0.5, 0.6) is 11.5 Å². The molecule has 2 aromatic carbocycles. The van der Waals surface area contributed by atoms with Crippen molar-refractivity contribution >= 4 is 18.4 Å². The van der Waals surface area contributed by atoms with Gasteiger partial charge in [0, 0.05) is 30.4 Å². The second-order valence-electron chi connectivity index (χ2n) is 5.68. The quantitative estimate of drug-likeness (QED) is 0.216. The molecule has 1 aromatic heterocycles. The average molecular weight is 462 g/mol. The van der Waals surface area contributed by atoms with E-state index in [0.717, 1.165) is 0 Å². The van der Waals surface area contributed by atoms with E-state index in [2.05, 4.69) is 15.0 Å². The van der Waals surface area contributed by atoms with Crippen molar-refractivity contribution in [3.05, 3.63) is 89.7 Å². The molecule has 0 unspecified atom stereocenters. The molecule has 31 heavy (non-hydrogen) atoms. The van der Waals surface area contributed by atoms with Crippen molar-refractivity contribution in [2.45, 2.75) is 0 Å². The zero-order valence-electron chi connectivity index (χ0n) is 16.4. The van der Waals surface area contributed by atoms with Crippen LogP contribution in [0.1, 0.15) is 21.5 Å². The van der Waals surface area contributed by atoms with Crippen molar-refractivity contribution in [2.24, 2.45) is 9.98 Å². The Bertz CT molecular complexity index is 926. The predicted molar refractivity (Wildman–Crippen MR) is 110 cm³/mol. The van der Waals surface area contributed by atoms with Crippen LogP contribution >= 0.6 is 0 Å². The number of aromatic carboxylic acids is 1. The fourth-order valence-corrected chi connectivity index (χ4v) is 2.10. The van der Waals surface area contributed by atoms with Crippen molar-refractivity contribution in [3.8, 4) is 11.5 Å². The number of aliphatic imine (C=N–C) groups is 2. The van der Waals surface area contributed by atoms with Gasteiger partial charge in [0.05, 0.1) is 19.1 Å². The van der Waals surface area contributed by atoms with Gasteiger partial charge >= 0.3 is 17.1 Å². The maximum absolute atomic E-state index is 11.4. The Labute approximate surface area is 190 Å². The second-order valence-corrected chi connectivity index (χ2v) is 5.68. The molecule has 9 heteroatoms. The molecule has 1 heterocycles. The van der Waals surface area contributed by atoms with Gasteiger partial charge in [0.15, 0.2) is 0 Å². The van der Waals surface area contributed by atoms with Crippen LogP contribution in [-0.2, 0) is 22.5 Å². The van der Waals surface area contributed by atoms with Gasteiger partial charge in [-0.15, -0.1) is 11.5 Å². The van der Waals surface area contributed by atoms with Gasteiger partial charge in [-0.05, 0) is 17.2 Å². The largest absolute Gasteiger partial charge is 3.00 e. The Morgan fingerprint density at radius 1 is 0.839 bits per heavy atom. The number of benzene rings is 2. The van der Waals surface area contributed by atoms with Crippen LogP contribution in [0, 0.1) is 0 Å². The number of hydrogen-bond acceptors (Lipinski definition) is 7. The van der Waals surface area contributed by atoms with Gasteiger partial charge in [0.25, 0.3) is 0 Å². The molecule has 0 fully saturated rings. The average Bonchev–Trinajstić information content (AvgIpc) is 2.74. The van der Waals surface area contributed by atoms with Crippen LogP contribution in [0.15, 0.2) is 83.0 Å². The second kappa shape index (κ2) is 15.3. The van der Waals surface area contributed by atoms with Gasteiger partial charge in [-0.2, -0.15) is 0 Å². The van der Waals surface area contributed by atoms with Crippen molar-refractivity contribution in [1.29, 1.82) is 0 Å². The van der Waals surface area contributed by atoms with Gasteiger partial charge < -0.3 is 25.6 Å². The summed E-state index contributed by atoms with van der Waals surface area (Å²) in [5.74, 6) is -1.27. The summed E-state index contributed by atoms with van der Waals surface area (Å²) < 4.78 is 0. The molecule has 0 saturated heterocycles. The fraction of sp³-hybridized carbons (Fsp3) is 0.0909. The predicted octanol–water partition coefficient (Wildman–Crippen LogP) is -0.108. The fourth-order valence-electron chi connectivity index (χ4n) is 2.10. The first kappa shape index (κ1) is 27.5. The molecule has 160 valence electrons. The molecule has 0 amide bonds. The molecule has 0 spiro atoms. The zero-order chi connectivity index (χ0) is 20.9. The number of carbonyl (C=O) groups is 1. The number of carbonyl (C=O) groups excluding carboxylic acids is 1. The Balaban J connectivity index is 0.000000695. The van der Waals surface area contributed by atoms with Crippen molar-refractivity contribution < 1.29 is 42.7 Å². The molecular formula is C22H21MnN3O5+. The molecule has 3 N–H and O–H groups in total. The van der Waals surface area contributed by atoms with Gasteiger partial charge in [0.1, 0.15) is 0 Å². The van der Waals surface area contributed by atoms with E-state index in [-0.39, 0.29) is 39.6 Å². The van der Waals surface area contributed by atoms with Crippen LogP contribution in [0.4, 0.5) is 0 Å². The minimum atomic E-state index is -1.19. The molecule has 3 rings (SSSR count). The van der Waals surface area contributed by atoms with Crippen molar-refractivity contribution in [3.63, 3.8) is 0 Å². The van der Waals surface area contributed by atoms with Crippen molar-refractivity contribution in [1.82, 2.24) is 4.98 Å². The molecule has 0 radical (unpaired) electrons. The van der Waals surface area contributed by atoms with Crippen LogP contribution in [-0.4, -0.2) is 36.5 Å². The molecule has 8 nitrogen and oxygen atoms in total. The standard InChI is InChI=1S/C16H16N2O2.C6H5NO2.Mn.H2O/c19-15-7-3-1-5-13(15)11-17-9-10-18-12-14-6-2-4-8-16(14)20;8-6(9)5-2-1-3-7-4-5;;/h1-8,11-12,19-20H,9-10H2;1-4H,(H,8,9);;1H2/q;;+3;/p-2. The summed E-state index contributed by atoms with van der Waals surface area (Å²) in [5, 5.41) is 32.9.